The van der Waals surface area contributed by atoms with E-state index in [-0.39, 0.29) is 11.3 Å². The van der Waals surface area contributed by atoms with Gasteiger partial charge in [-0.25, -0.2) is 0 Å². The monoisotopic (exact) mass is 237 g/mol. The van der Waals surface area contributed by atoms with Crippen LogP contribution in [0.15, 0.2) is 11.4 Å². The minimum Gasteiger partial charge on any atom is -0.319 e. The van der Waals surface area contributed by atoms with Crippen molar-refractivity contribution in [1.29, 1.82) is 5.26 Å². The number of anilines is 1. The number of amides is 1. The second-order valence-electron chi connectivity index (χ2n) is 4.61. The van der Waals surface area contributed by atoms with Crippen LogP contribution in [-0.2, 0) is 4.79 Å². The average molecular weight is 237 g/mol. The molecular weight excluding hydrogens is 222 g/mol. The van der Waals surface area contributed by atoms with E-state index >= 15 is 0 Å². The molecule has 1 rings (SSSR count). The number of rotatable bonds is 2. The fraction of sp³-hybridized carbons (Fsp3) is 0.455. The van der Waals surface area contributed by atoms with Gasteiger partial charge in [0.05, 0.1) is 11.6 Å². The molecular formula is C11H15N3OS. The van der Waals surface area contributed by atoms with Crippen molar-refractivity contribution in [3.05, 3.63) is 17.0 Å². The van der Waals surface area contributed by atoms with E-state index in [1.807, 2.05) is 26.8 Å². The molecule has 0 fully saturated rings. The van der Waals surface area contributed by atoms with Crippen molar-refractivity contribution in [2.45, 2.75) is 26.8 Å². The van der Waals surface area contributed by atoms with Gasteiger partial charge in [-0.15, -0.1) is 11.3 Å². The number of nitrogens with one attached hydrogen (secondary N) is 1. The first-order valence-corrected chi connectivity index (χ1v) is 5.78. The smallest absolute Gasteiger partial charge is 0.242 e. The molecule has 0 aliphatic carbocycles. The first-order valence-electron chi connectivity index (χ1n) is 4.90. The third kappa shape index (κ3) is 2.81. The molecule has 16 heavy (non-hydrogen) atoms. The zero-order valence-electron chi connectivity index (χ0n) is 9.57. The van der Waals surface area contributed by atoms with Gasteiger partial charge in [0.25, 0.3) is 0 Å². The highest BCUT2D eigenvalue weighted by molar-refractivity contribution is 7.14. The lowest BCUT2D eigenvalue weighted by Crippen LogP contribution is -2.45. The van der Waals surface area contributed by atoms with E-state index in [1.54, 1.807) is 11.4 Å². The Morgan fingerprint density at radius 1 is 1.62 bits per heavy atom. The predicted octanol–water partition coefficient (Wildman–Crippen LogP) is 1.93. The first kappa shape index (κ1) is 12.7. The van der Waals surface area contributed by atoms with Gasteiger partial charge in [-0.1, -0.05) is 20.8 Å². The SMILES string of the molecule is CC(C)(C)C(N)C(=O)Nc1sccc1C#N. The van der Waals surface area contributed by atoms with E-state index in [4.69, 9.17) is 11.0 Å². The maximum absolute atomic E-state index is 11.8. The Hall–Kier alpha value is -1.38. The molecule has 0 aromatic carbocycles. The average Bonchev–Trinajstić information content (AvgIpc) is 2.62. The van der Waals surface area contributed by atoms with Gasteiger partial charge in [-0.3, -0.25) is 4.79 Å². The highest BCUT2D eigenvalue weighted by Crippen LogP contribution is 2.24. The molecule has 0 radical (unpaired) electrons. The van der Waals surface area contributed by atoms with Crippen LogP contribution in [0.2, 0.25) is 0 Å². The first-order chi connectivity index (χ1) is 7.36. The lowest BCUT2D eigenvalue weighted by molar-refractivity contribution is -0.119. The lowest BCUT2D eigenvalue weighted by atomic mass is 9.87. The summed E-state index contributed by atoms with van der Waals surface area (Å²) < 4.78 is 0. The van der Waals surface area contributed by atoms with Crippen LogP contribution in [0.1, 0.15) is 26.3 Å². The predicted molar refractivity (Wildman–Crippen MR) is 65.1 cm³/mol. The van der Waals surface area contributed by atoms with E-state index < -0.39 is 6.04 Å². The summed E-state index contributed by atoms with van der Waals surface area (Å²) in [5.74, 6) is -0.258. The Morgan fingerprint density at radius 3 is 2.75 bits per heavy atom. The summed E-state index contributed by atoms with van der Waals surface area (Å²) in [6, 6.07) is 3.09. The van der Waals surface area contributed by atoms with Gasteiger partial charge in [0.1, 0.15) is 11.1 Å². The summed E-state index contributed by atoms with van der Waals surface area (Å²) in [5.41, 5.74) is 5.99. The van der Waals surface area contributed by atoms with Crippen LogP contribution in [0.3, 0.4) is 0 Å². The Labute approximate surface area is 99.1 Å². The molecule has 0 aliphatic heterocycles. The third-order valence-corrected chi connectivity index (χ3v) is 3.07. The molecule has 0 saturated heterocycles. The van der Waals surface area contributed by atoms with Crippen LogP contribution in [0.25, 0.3) is 0 Å². The molecule has 3 N–H and O–H groups in total. The highest BCUT2D eigenvalue weighted by Gasteiger charge is 2.28. The minimum atomic E-state index is -0.596. The van der Waals surface area contributed by atoms with Gasteiger partial charge in [0.15, 0.2) is 0 Å². The topological polar surface area (TPSA) is 78.9 Å². The second kappa shape index (κ2) is 4.64. The van der Waals surface area contributed by atoms with Crippen LogP contribution < -0.4 is 11.1 Å². The number of nitrogens with two attached hydrogens (primary N) is 1. The third-order valence-electron chi connectivity index (χ3n) is 2.24. The number of nitrogens with zero attached hydrogens (tertiary/aromatic N) is 1. The molecule has 1 heterocycles. The number of carbonyl (C=O) groups excluding carboxylic acids is 1. The van der Waals surface area contributed by atoms with Gasteiger partial charge < -0.3 is 11.1 Å². The number of hydrogen-bond acceptors (Lipinski definition) is 4. The number of carbonyl (C=O) groups is 1. The molecule has 0 bridgehead atoms. The zero-order chi connectivity index (χ0) is 12.3. The summed E-state index contributed by atoms with van der Waals surface area (Å²) >= 11 is 1.32. The molecule has 4 nitrogen and oxygen atoms in total. The fourth-order valence-corrected chi connectivity index (χ4v) is 1.82. The van der Waals surface area contributed by atoms with Crippen molar-refractivity contribution < 1.29 is 4.79 Å². The lowest BCUT2D eigenvalue weighted by Gasteiger charge is -2.25. The fourth-order valence-electron chi connectivity index (χ4n) is 1.08. The van der Waals surface area contributed by atoms with Gasteiger partial charge in [-0.05, 0) is 16.9 Å². The zero-order valence-corrected chi connectivity index (χ0v) is 10.4. The van der Waals surface area contributed by atoms with E-state index in [0.29, 0.717) is 10.6 Å². The standard InChI is InChI=1S/C11H15N3OS/c1-11(2,3)8(13)9(15)14-10-7(6-12)4-5-16-10/h4-5,8H,13H2,1-3H3,(H,14,15). The van der Waals surface area contributed by atoms with E-state index in [9.17, 15) is 4.79 Å². The van der Waals surface area contributed by atoms with Crippen molar-refractivity contribution >= 4 is 22.2 Å². The quantitative estimate of drug-likeness (QED) is 0.825. The molecule has 1 aromatic rings. The van der Waals surface area contributed by atoms with E-state index in [2.05, 4.69) is 5.32 Å². The number of hydrogen-bond donors (Lipinski definition) is 2. The molecule has 0 spiro atoms. The normalized spacial score (nSPS) is 12.9. The molecule has 0 saturated carbocycles. The van der Waals surface area contributed by atoms with Crippen molar-refractivity contribution in [2.75, 3.05) is 5.32 Å². The van der Waals surface area contributed by atoms with Crippen molar-refractivity contribution in [3.63, 3.8) is 0 Å². The van der Waals surface area contributed by atoms with Crippen LogP contribution in [0, 0.1) is 16.7 Å². The summed E-state index contributed by atoms with van der Waals surface area (Å²) in [7, 11) is 0. The summed E-state index contributed by atoms with van der Waals surface area (Å²) in [4.78, 5) is 11.8. The Bertz CT molecular complexity index is 425. The summed E-state index contributed by atoms with van der Waals surface area (Å²) in [5, 5.41) is 13.8. The molecule has 86 valence electrons. The minimum absolute atomic E-state index is 0.258. The Kier molecular flexibility index (Phi) is 3.68. The molecule has 5 heteroatoms. The number of thiophene rings is 1. The van der Waals surface area contributed by atoms with Crippen LogP contribution in [0.5, 0.6) is 0 Å². The van der Waals surface area contributed by atoms with Gasteiger partial charge in [0, 0.05) is 0 Å². The Morgan fingerprint density at radius 2 is 2.25 bits per heavy atom. The largest absolute Gasteiger partial charge is 0.319 e. The van der Waals surface area contributed by atoms with E-state index in [1.165, 1.54) is 11.3 Å². The van der Waals surface area contributed by atoms with Gasteiger partial charge in [-0.2, -0.15) is 5.26 Å². The molecule has 1 unspecified atom stereocenters. The molecule has 1 aromatic heterocycles. The maximum Gasteiger partial charge on any atom is 0.242 e. The van der Waals surface area contributed by atoms with Crippen LogP contribution >= 0.6 is 11.3 Å². The van der Waals surface area contributed by atoms with Gasteiger partial charge in [0.2, 0.25) is 5.91 Å². The molecule has 1 amide bonds. The van der Waals surface area contributed by atoms with E-state index in [0.717, 1.165) is 0 Å². The van der Waals surface area contributed by atoms with Crippen LogP contribution in [0.4, 0.5) is 5.00 Å². The Balaban J connectivity index is 2.77. The van der Waals surface area contributed by atoms with Crippen molar-refractivity contribution in [3.8, 4) is 6.07 Å². The van der Waals surface area contributed by atoms with Crippen LogP contribution in [-0.4, -0.2) is 11.9 Å². The maximum atomic E-state index is 11.8. The summed E-state index contributed by atoms with van der Waals surface area (Å²) in [6.07, 6.45) is 0. The molecule has 1 atom stereocenters. The summed E-state index contributed by atoms with van der Waals surface area (Å²) in [6.45, 7) is 5.70. The highest BCUT2D eigenvalue weighted by atomic mass is 32.1. The number of nitriles is 1. The van der Waals surface area contributed by atoms with Gasteiger partial charge >= 0.3 is 0 Å². The molecule has 0 aliphatic rings. The van der Waals surface area contributed by atoms with Crippen molar-refractivity contribution in [1.82, 2.24) is 0 Å². The van der Waals surface area contributed by atoms with Crippen molar-refractivity contribution in [2.24, 2.45) is 11.1 Å². The second-order valence-corrected chi connectivity index (χ2v) is 5.52.